The van der Waals surface area contributed by atoms with Crippen LogP contribution in [0, 0.1) is 0 Å². The fraction of sp³-hybridized carbons (Fsp3) is 0.286. The van der Waals surface area contributed by atoms with E-state index in [9.17, 15) is 13.2 Å². The summed E-state index contributed by atoms with van der Waals surface area (Å²) >= 11 is 0. The Kier molecular flexibility index (Phi) is 6.08. The van der Waals surface area contributed by atoms with Crippen LogP contribution in [0.3, 0.4) is 0 Å². The van der Waals surface area contributed by atoms with Crippen LogP contribution in [-0.2, 0) is 14.8 Å². The molecule has 2 aromatic carbocycles. The molecule has 27 heavy (non-hydrogen) atoms. The minimum atomic E-state index is -3.46. The number of anilines is 1. The number of benzene rings is 2. The molecule has 0 unspecified atom stereocenters. The van der Waals surface area contributed by atoms with Crippen molar-refractivity contribution in [3.05, 3.63) is 65.7 Å². The van der Waals surface area contributed by atoms with Crippen molar-refractivity contribution in [2.45, 2.75) is 31.1 Å². The van der Waals surface area contributed by atoms with Crippen molar-refractivity contribution in [2.24, 2.45) is 0 Å². The maximum Gasteiger partial charge on any atom is 0.251 e. The molecule has 0 spiro atoms. The highest BCUT2D eigenvalue weighted by molar-refractivity contribution is 7.89. The van der Waals surface area contributed by atoms with Gasteiger partial charge in [-0.2, -0.15) is 4.31 Å². The Balaban J connectivity index is 1.68. The largest absolute Gasteiger partial charge is 0.322 e. The maximum absolute atomic E-state index is 12.7. The number of carbonyl (C=O) groups excluding carboxylic acids is 1. The second kappa shape index (κ2) is 8.50. The fourth-order valence-electron chi connectivity index (χ4n) is 3.06. The average molecular weight is 385 g/mol. The van der Waals surface area contributed by atoms with Crippen LogP contribution in [0.25, 0.3) is 6.08 Å². The molecule has 1 amide bonds. The van der Waals surface area contributed by atoms with Crippen molar-refractivity contribution < 1.29 is 13.2 Å². The lowest BCUT2D eigenvalue weighted by Gasteiger charge is -2.25. The van der Waals surface area contributed by atoms with Crippen molar-refractivity contribution in [3.8, 4) is 0 Å². The van der Waals surface area contributed by atoms with Gasteiger partial charge in [-0.15, -0.1) is 0 Å². The lowest BCUT2D eigenvalue weighted by Crippen LogP contribution is -2.35. The molecular formula is C21H24N2O3S. The van der Waals surface area contributed by atoms with E-state index < -0.39 is 10.0 Å². The second-order valence-corrected chi connectivity index (χ2v) is 8.62. The first kappa shape index (κ1) is 19.3. The highest BCUT2D eigenvalue weighted by Crippen LogP contribution is 2.22. The molecule has 0 atom stereocenters. The Morgan fingerprint density at radius 1 is 0.963 bits per heavy atom. The number of carbonyl (C=O) groups is 1. The molecule has 142 valence electrons. The quantitative estimate of drug-likeness (QED) is 0.795. The van der Waals surface area contributed by atoms with E-state index in [0.717, 1.165) is 24.8 Å². The number of nitrogens with one attached hydrogen (secondary N) is 1. The molecule has 2 aromatic rings. The number of nitrogens with zero attached hydrogens (tertiary/aromatic N) is 1. The monoisotopic (exact) mass is 384 g/mol. The molecule has 0 bridgehead atoms. The molecule has 6 heteroatoms. The van der Waals surface area contributed by atoms with Crippen LogP contribution < -0.4 is 5.32 Å². The summed E-state index contributed by atoms with van der Waals surface area (Å²) in [6.45, 7) is 2.89. The number of amides is 1. The predicted octanol–water partition coefficient (Wildman–Crippen LogP) is 3.90. The van der Waals surface area contributed by atoms with E-state index in [1.54, 1.807) is 31.2 Å². The molecule has 5 nitrogen and oxygen atoms in total. The molecule has 1 heterocycles. The molecule has 0 saturated carbocycles. The minimum absolute atomic E-state index is 0.217. The third-order valence-electron chi connectivity index (χ3n) is 4.61. The summed E-state index contributed by atoms with van der Waals surface area (Å²) in [4.78, 5) is 12.6. The molecule has 1 saturated heterocycles. The van der Waals surface area contributed by atoms with E-state index in [4.69, 9.17) is 0 Å². The van der Waals surface area contributed by atoms with Gasteiger partial charge in [0.1, 0.15) is 0 Å². The van der Waals surface area contributed by atoms with Gasteiger partial charge in [-0.25, -0.2) is 8.42 Å². The first-order chi connectivity index (χ1) is 13.0. The highest BCUT2D eigenvalue weighted by Gasteiger charge is 2.25. The zero-order chi connectivity index (χ0) is 19.3. The van der Waals surface area contributed by atoms with Gasteiger partial charge in [-0.05, 0) is 55.7 Å². The Hall–Kier alpha value is -2.44. The number of sulfonamides is 1. The van der Waals surface area contributed by atoms with Crippen LogP contribution in [0.15, 0.2) is 65.1 Å². The third-order valence-corrected chi connectivity index (χ3v) is 6.52. The Labute approximate surface area is 160 Å². The van der Waals surface area contributed by atoms with Gasteiger partial charge in [0.2, 0.25) is 10.0 Å². The normalized spacial score (nSPS) is 16.1. The molecule has 1 fully saturated rings. The van der Waals surface area contributed by atoms with E-state index in [2.05, 4.69) is 5.32 Å². The summed E-state index contributed by atoms with van der Waals surface area (Å²) in [5.41, 5.74) is 2.10. The number of hydrogen-bond acceptors (Lipinski definition) is 3. The topological polar surface area (TPSA) is 66.5 Å². The Morgan fingerprint density at radius 2 is 1.59 bits per heavy atom. The van der Waals surface area contributed by atoms with Gasteiger partial charge in [0.05, 0.1) is 4.90 Å². The smallest absolute Gasteiger partial charge is 0.251 e. The highest BCUT2D eigenvalue weighted by atomic mass is 32.2. The molecular weight excluding hydrogens is 360 g/mol. The van der Waals surface area contributed by atoms with Crippen molar-refractivity contribution in [3.63, 3.8) is 0 Å². The van der Waals surface area contributed by atoms with Crippen LogP contribution in [0.4, 0.5) is 5.69 Å². The molecule has 0 aromatic heterocycles. The molecule has 1 aliphatic rings. The van der Waals surface area contributed by atoms with Gasteiger partial charge in [-0.1, -0.05) is 36.8 Å². The van der Waals surface area contributed by atoms with Gasteiger partial charge < -0.3 is 5.32 Å². The summed E-state index contributed by atoms with van der Waals surface area (Å²) in [7, 11) is -3.46. The molecule has 3 rings (SSSR count). The summed E-state index contributed by atoms with van der Waals surface area (Å²) in [5.74, 6) is -0.217. The van der Waals surface area contributed by atoms with E-state index >= 15 is 0 Å². The maximum atomic E-state index is 12.7. The predicted molar refractivity (Wildman–Crippen MR) is 108 cm³/mol. The molecule has 1 aliphatic heterocycles. The van der Waals surface area contributed by atoms with E-state index in [0.29, 0.717) is 24.4 Å². The first-order valence-corrected chi connectivity index (χ1v) is 10.6. The van der Waals surface area contributed by atoms with Crippen LogP contribution in [-0.4, -0.2) is 31.7 Å². The van der Waals surface area contributed by atoms with Crippen LogP contribution in [0.1, 0.15) is 31.7 Å². The van der Waals surface area contributed by atoms with Crippen LogP contribution in [0.5, 0.6) is 0 Å². The zero-order valence-electron chi connectivity index (χ0n) is 15.4. The third kappa shape index (κ3) is 4.84. The lowest BCUT2D eigenvalue weighted by molar-refractivity contribution is -0.112. The van der Waals surface area contributed by atoms with Crippen molar-refractivity contribution in [2.75, 3.05) is 18.4 Å². The summed E-state index contributed by atoms with van der Waals surface area (Å²) < 4.78 is 26.9. The molecule has 1 N–H and O–H groups in total. The lowest BCUT2D eigenvalue weighted by atomic mass is 10.1. The Morgan fingerprint density at radius 3 is 2.22 bits per heavy atom. The number of piperidine rings is 1. The van der Waals surface area contributed by atoms with E-state index in [1.807, 2.05) is 36.4 Å². The van der Waals surface area contributed by atoms with Crippen molar-refractivity contribution >= 4 is 27.7 Å². The second-order valence-electron chi connectivity index (χ2n) is 6.68. The molecule has 0 aliphatic carbocycles. The van der Waals surface area contributed by atoms with Gasteiger partial charge in [0.25, 0.3) is 5.91 Å². The average Bonchev–Trinajstić information content (AvgIpc) is 2.70. The molecule has 0 radical (unpaired) electrons. The summed E-state index contributed by atoms with van der Waals surface area (Å²) in [6, 6.07) is 16.0. The minimum Gasteiger partial charge on any atom is -0.322 e. The fourth-order valence-corrected chi connectivity index (χ4v) is 4.58. The van der Waals surface area contributed by atoms with E-state index in [1.165, 1.54) is 4.31 Å². The number of hydrogen-bond donors (Lipinski definition) is 1. The standard InChI is InChI=1S/C21H24N2O3S/c1-17(16-18-8-4-2-5-9-18)21(24)22-19-10-12-20(13-11-19)27(25,26)23-14-6-3-7-15-23/h2,4-5,8-13,16H,3,6-7,14-15H2,1H3,(H,22,24). The summed E-state index contributed by atoms with van der Waals surface area (Å²) in [6.07, 6.45) is 4.69. The zero-order valence-corrected chi connectivity index (χ0v) is 16.2. The van der Waals surface area contributed by atoms with Gasteiger partial charge in [0.15, 0.2) is 0 Å². The SMILES string of the molecule is CC(=Cc1ccccc1)C(=O)Nc1ccc(S(=O)(=O)N2CCCCC2)cc1. The van der Waals surface area contributed by atoms with Crippen LogP contribution in [0.2, 0.25) is 0 Å². The van der Waals surface area contributed by atoms with Crippen LogP contribution >= 0.6 is 0 Å². The van der Waals surface area contributed by atoms with Gasteiger partial charge in [-0.3, -0.25) is 4.79 Å². The van der Waals surface area contributed by atoms with Gasteiger partial charge in [0, 0.05) is 24.4 Å². The summed E-state index contributed by atoms with van der Waals surface area (Å²) in [5, 5.41) is 2.80. The van der Waals surface area contributed by atoms with E-state index in [-0.39, 0.29) is 10.8 Å². The van der Waals surface area contributed by atoms with Crippen molar-refractivity contribution in [1.29, 1.82) is 0 Å². The Bertz CT molecular complexity index is 914. The number of rotatable bonds is 5. The van der Waals surface area contributed by atoms with Gasteiger partial charge >= 0.3 is 0 Å². The van der Waals surface area contributed by atoms with Crippen molar-refractivity contribution in [1.82, 2.24) is 4.31 Å². The first-order valence-electron chi connectivity index (χ1n) is 9.12.